The van der Waals surface area contributed by atoms with Crippen molar-refractivity contribution in [2.45, 2.75) is 19.4 Å². The lowest BCUT2D eigenvalue weighted by atomic mass is 10.4. The Bertz CT molecular complexity index is 70.8. The molecular formula is C6H16N2OS. The van der Waals surface area contributed by atoms with Crippen molar-refractivity contribution in [1.82, 2.24) is 0 Å². The van der Waals surface area contributed by atoms with Crippen LogP contribution in [0.15, 0.2) is 0 Å². The van der Waals surface area contributed by atoms with Gasteiger partial charge < -0.3 is 10.6 Å². The molecule has 10 heavy (non-hydrogen) atoms. The average Bonchev–Trinajstić information content (AvgIpc) is 1.87. The van der Waals surface area contributed by atoms with Crippen LogP contribution in [0.4, 0.5) is 0 Å². The zero-order chi connectivity index (χ0) is 7.82. The molecule has 62 valence electrons. The molecule has 0 bridgehead atoms. The van der Waals surface area contributed by atoms with Crippen LogP contribution in [0.3, 0.4) is 0 Å². The lowest BCUT2D eigenvalue weighted by Gasteiger charge is -2.03. The topological polar surface area (TPSA) is 61.3 Å². The van der Waals surface area contributed by atoms with Crippen molar-refractivity contribution in [2.24, 2.45) is 11.6 Å². The van der Waals surface area contributed by atoms with Gasteiger partial charge in [-0.15, -0.1) is 0 Å². The molecule has 0 aromatic rings. The van der Waals surface area contributed by atoms with Crippen molar-refractivity contribution in [3.63, 3.8) is 0 Å². The second-order valence-electron chi connectivity index (χ2n) is 2.28. The average molecular weight is 164 g/mol. The maximum atomic E-state index is 5.53. The van der Waals surface area contributed by atoms with Gasteiger partial charge in [0.15, 0.2) is 0 Å². The molecule has 0 rings (SSSR count). The number of thioether (sulfide) groups is 1. The van der Waals surface area contributed by atoms with Crippen LogP contribution in [0.25, 0.3) is 0 Å². The van der Waals surface area contributed by atoms with E-state index in [1.165, 1.54) is 0 Å². The van der Waals surface area contributed by atoms with Gasteiger partial charge in [0.1, 0.15) is 0 Å². The Morgan fingerprint density at radius 1 is 1.60 bits per heavy atom. The molecule has 0 radical (unpaired) electrons. The lowest BCUT2D eigenvalue weighted by molar-refractivity contribution is 0.139. The Labute approximate surface area is 66.4 Å². The summed E-state index contributed by atoms with van der Waals surface area (Å²) in [6, 6.07) is 0.295. The van der Waals surface area contributed by atoms with Crippen molar-refractivity contribution >= 4 is 11.8 Å². The van der Waals surface area contributed by atoms with Gasteiger partial charge in [0.2, 0.25) is 0 Å². The first-order valence-corrected chi connectivity index (χ1v) is 4.58. The summed E-state index contributed by atoms with van der Waals surface area (Å²) in [6.45, 7) is 2.65. The van der Waals surface area contributed by atoms with Gasteiger partial charge in [0, 0.05) is 11.8 Å². The molecule has 0 aromatic heterocycles. The second-order valence-corrected chi connectivity index (χ2v) is 3.43. The number of hydrogen-bond acceptors (Lipinski definition) is 4. The molecule has 0 aliphatic carbocycles. The van der Waals surface area contributed by atoms with Gasteiger partial charge in [-0.3, -0.25) is 0 Å². The predicted molar refractivity (Wildman–Crippen MR) is 45.7 cm³/mol. The Morgan fingerprint density at radius 3 is 2.80 bits per heavy atom. The summed E-state index contributed by atoms with van der Waals surface area (Å²) in [7, 11) is 0. The summed E-state index contributed by atoms with van der Waals surface area (Å²) in [5.74, 6) is 6.94. The Balaban J connectivity index is 2.77. The number of hydrogen-bond donors (Lipinski definition) is 2. The molecular weight excluding hydrogens is 148 g/mol. The standard InChI is InChI=1S/C6H16N2OS/c1-6(7)5-10-4-2-3-9-8/h6H,2-5,7-8H2,1H3. The van der Waals surface area contributed by atoms with Crippen LogP contribution in [0.2, 0.25) is 0 Å². The van der Waals surface area contributed by atoms with Gasteiger partial charge in [-0.1, -0.05) is 0 Å². The molecule has 0 aromatic carbocycles. The Kier molecular flexibility index (Phi) is 7.51. The fraction of sp³-hybridized carbons (Fsp3) is 1.00. The van der Waals surface area contributed by atoms with Gasteiger partial charge >= 0.3 is 0 Å². The molecule has 0 saturated heterocycles. The fourth-order valence-corrected chi connectivity index (χ4v) is 1.37. The third kappa shape index (κ3) is 8.23. The molecule has 0 aliphatic heterocycles. The van der Waals surface area contributed by atoms with Crippen LogP contribution in [-0.2, 0) is 4.84 Å². The van der Waals surface area contributed by atoms with Crippen molar-refractivity contribution in [2.75, 3.05) is 18.1 Å². The highest BCUT2D eigenvalue weighted by atomic mass is 32.2. The minimum absolute atomic E-state index is 0.295. The summed E-state index contributed by atoms with van der Waals surface area (Å²) >= 11 is 1.84. The SMILES string of the molecule is CC(N)CSCCCON. The summed E-state index contributed by atoms with van der Waals surface area (Å²) in [6.07, 6.45) is 1.01. The van der Waals surface area contributed by atoms with Crippen LogP contribution >= 0.6 is 11.8 Å². The van der Waals surface area contributed by atoms with Crippen molar-refractivity contribution in [3.05, 3.63) is 0 Å². The monoisotopic (exact) mass is 164 g/mol. The van der Waals surface area contributed by atoms with E-state index in [4.69, 9.17) is 11.6 Å². The summed E-state index contributed by atoms with van der Waals surface area (Å²) in [5, 5.41) is 0. The predicted octanol–water partition coefficient (Wildman–Crippen LogP) is 0.347. The largest absolute Gasteiger partial charge is 0.327 e. The molecule has 0 amide bonds. The molecule has 1 atom stereocenters. The van der Waals surface area contributed by atoms with Gasteiger partial charge in [-0.25, -0.2) is 5.90 Å². The maximum Gasteiger partial charge on any atom is 0.0687 e. The lowest BCUT2D eigenvalue weighted by Crippen LogP contribution is -2.17. The third-order valence-electron chi connectivity index (χ3n) is 0.932. The van der Waals surface area contributed by atoms with E-state index in [1.54, 1.807) is 0 Å². The number of rotatable bonds is 6. The van der Waals surface area contributed by atoms with E-state index in [1.807, 2.05) is 18.7 Å². The van der Waals surface area contributed by atoms with E-state index in [0.717, 1.165) is 17.9 Å². The zero-order valence-corrected chi connectivity index (χ0v) is 7.19. The highest BCUT2D eigenvalue weighted by Gasteiger charge is 1.93. The van der Waals surface area contributed by atoms with E-state index in [2.05, 4.69) is 4.84 Å². The van der Waals surface area contributed by atoms with E-state index in [-0.39, 0.29) is 0 Å². The molecule has 0 spiro atoms. The molecule has 0 fully saturated rings. The zero-order valence-electron chi connectivity index (χ0n) is 6.38. The molecule has 4 N–H and O–H groups in total. The summed E-state index contributed by atoms with van der Waals surface area (Å²) < 4.78 is 0. The minimum atomic E-state index is 0.295. The minimum Gasteiger partial charge on any atom is -0.327 e. The first-order chi connectivity index (χ1) is 4.77. The quantitative estimate of drug-likeness (QED) is 0.439. The fourth-order valence-electron chi connectivity index (χ4n) is 0.514. The van der Waals surface area contributed by atoms with Crippen LogP contribution in [-0.4, -0.2) is 24.2 Å². The van der Waals surface area contributed by atoms with Gasteiger partial charge in [0.25, 0.3) is 0 Å². The van der Waals surface area contributed by atoms with Crippen LogP contribution in [0, 0.1) is 0 Å². The molecule has 0 saturated carbocycles. The van der Waals surface area contributed by atoms with Crippen LogP contribution in [0.5, 0.6) is 0 Å². The summed E-state index contributed by atoms with van der Waals surface area (Å²) in [5.41, 5.74) is 5.53. The number of nitrogens with two attached hydrogens (primary N) is 2. The van der Waals surface area contributed by atoms with Crippen molar-refractivity contribution < 1.29 is 4.84 Å². The van der Waals surface area contributed by atoms with Gasteiger partial charge in [-0.2, -0.15) is 11.8 Å². The molecule has 1 unspecified atom stereocenters. The van der Waals surface area contributed by atoms with E-state index in [9.17, 15) is 0 Å². The molecule has 4 heteroatoms. The molecule has 0 heterocycles. The van der Waals surface area contributed by atoms with Gasteiger partial charge in [-0.05, 0) is 19.1 Å². The summed E-state index contributed by atoms with van der Waals surface area (Å²) in [4.78, 5) is 4.40. The van der Waals surface area contributed by atoms with E-state index >= 15 is 0 Å². The van der Waals surface area contributed by atoms with Crippen LogP contribution < -0.4 is 11.6 Å². The van der Waals surface area contributed by atoms with Crippen molar-refractivity contribution in [3.8, 4) is 0 Å². The Morgan fingerprint density at radius 2 is 2.30 bits per heavy atom. The third-order valence-corrected chi connectivity index (χ3v) is 2.27. The van der Waals surface area contributed by atoms with Crippen LogP contribution in [0.1, 0.15) is 13.3 Å². The Hall–Kier alpha value is 0.230. The smallest absolute Gasteiger partial charge is 0.0687 e. The molecule has 3 nitrogen and oxygen atoms in total. The second kappa shape index (κ2) is 7.34. The normalized spacial score (nSPS) is 13.5. The highest BCUT2D eigenvalue weighted by molar-refractivity contribution is 7.99. The maximum absolute atomic E-state index is 5.53. The first-order valence-electron chi connectivity index (χ1n) is 3.42. The van der Waals surface area contributed by atoms with E-state index < -0.39 is 0 Å². The van der Waals surface area contributed by atoms with E-state index in [0.29, 0.717) is 12.6 Å². The highest BCUT2D eigenvalue weighted by Crippen LogP contribution is 2.02. The first kappa shape index (κ1) is 10.2. The molecule has 0 aliphatic rings. The van der Waals surface area contributed by atoms with Crippen molar-refractivity contribution in [1.29, 1.82) is 0 Å². The van der Waals surface area contributed by atoms with Gasteiger partial charge in [0.05, 0.1) is 6.61 Å².